The van der Waals surface area contributed by atoms with Crippen LogP contribution in [0.4, 0.5) is 0 Å². The van der Waals surface area contributed by atoms with Crippen molar-refractivity contribution in [1.29, 1.82) is 0 Å². The molecule has 32 heavy (non-hydrogen) atoms. The number of furan rings is 1. The van der Waals surface area contributed by atoms with Gasteiger partial charge in [-0.1, -0.05) is 47.6 Å². The molecule has 7 heteroatoms. The van der Waals surface area contributed by atoms with Crippen LogP contribution in [0.25, 0.3) is 11.3 Å². The Bertz CT molecular complexity index is 1120. The molecule has 1 amide bonds. The lowest BCUT2D eigenvalue weighted by Crippen LogP contribution is -2.33. The average molecular weight is 432 g/mol. The van der Waals surface area contributed by atoms with Crippen molar-refractivity contribution in [3.8, 4) is 17.1 Å². The van der Waals surface area contributed by atoms with Crippen LogP contribution in [0.3, 0.4) is 0 Å². The first-order valence-electron chi connectivity index (χ1n) is 10.2. The first-order chi connectivity index (χ1) is 15.7. The number of nitrogens with zero attached hydrogens (tertiary/aromatic N) is 2. The van der Waals surface area contributed by atoms with Gasteiger partial charge < -0.3 is 23.3 Å². The predicted octanol–water partition coefficient (Wildman–Crippen LogP) is 4.69. The molecular formula is C25H24N2O5. The van der Waals surface area contributed by atoms with Crippen LogP contribution in [-0.2, 0) is 29.2 Å². The zero-order chi connectivity index (χ0) is 22.2. The van der Waals surface area contributed by atoms with Crippen molar-refractivity contribution in [2.75, 3.05) is 13.7 Å². The lowest BCUT2D eigenvalue weighted by atomic mass is 10.1. The van der Waals surface area contributed by atoms with Gasteiger partial charge in [0.15, 0.2) is 5.76 Å². The van der Waals surface area contributed by atoms with Crippen molar-refractivity contribution in [2.45, 2.75) is 19.7 Å². The molecule has 0 N–H and O–H groups in total. The molecule has 0 aliphatic carbocycles. The number of methoxy groups -OCH3 is 1. The lowest BCUT2D eigenvalue weighted by molar-refractivity contribution is -0.138. The molecule has 0 saturated heterocycles. The summed E-state index contributed by atoms with van der Waals surface area (Å²) in [6.45, 7) is 0.875. The van der Waals surface area contributed by atoms with Gasteiger partial charge >= 0.3 is 0 Å². The van der Waals surface area contributed by atoms with E-state index in [9.17, 15) is 4.79 Å². The summed E-state index contributed by atoms with van der Waals surface area (Å²) < 4.78 is 22.0. The molecule has 4 rings (SSSR count). The molecule has 7 nitrogen and oxygen atoms in total. The van der Waals surface area contributed by atoms with Gasteiger partial charge in [0.05, 0.1) is 38.6 Å². The maximum atomic E-state index is 12.9. The van der Waals surface area contributed by atoms with Gasteiger partial charge in [-0.2, -0.15) is 0 Å². The summed E-state index contributed by atoms with van der Waals surface area (Å²) in [6, 6.07) is 22.7. The van der Waals surface area contributed by atoms with E-state index in [0.29, 0.717) is 36.1 Å². The van der Waals surface area contributed by atoms with E-state index in [0.717, 1.165) is 11.1 Å². The number of carbonyl (C=O) groups is 1. The van der Waals surface area contributed by atoms with Gasteiger partial charge in [0.25, 0.3) is 0 Å². The average Bonchev–Trinajstić information content (AvgIpc) is 3.51. The Morgan fingerprint density at radius 3 is 2.59 bits per heavy atom. The molecule has 0 spiro atoms. The quantitative estimate of drug-likeness (QED) is 0.362. The first kappa shape index (κ1) is 21.4. The predicted molar refractivity (Wildman–Crippen MR) is 118 cm³/mol. The highest BCUT2D eigenvalue weighted by atomic mass is 16.5. The molecule has 0 bridgehead atoms. The summed E-state index contributed by atoms with van der Waals surface area (Å²) in [4.78, 5) is 14.6. The van der Waals surface area contributed by atoms with Crippen molar-refractivity contribution in [3.05, 3.63) is 96.1 Å². The van der Waals surface area contributed by atoms with E-state index < -0.39 is 0 Å². The zero-order valence-corrected chi connectivity index (χ0v) is 17.8. The maximum Gasteiger partial charge on any atom is 0.249 e. The highest BCUT2D eigenvalue weighted by Crippen LogP contribution is 2.30. The number of ether oxygens (including phenoxy) is 2. The summed E-state index contributed by atoms with van der Waals surface area (Å²) in [5, 5.41) is 4.15. The molecule has 164 valence electrons. The van der Waals surface area contributed by atoms with Crippen LogP contribution >= 0.6 is 0 Å². The van der Waals surface area contributed by atoms with Crippen molar-refractivity contribution in [3.63, 3.8) is 0 Å². The van der Waals surface area contributed by atoms with Gasteiger partial charge in [0.1, 0.15) is 23.8 Å². The molecule has 0 unspecified atom stereocenters. The Labute approximate surface area is 186 Å². The summed E-state index contributed by atoms with van der Waals surface area (Å²) in [5.74, 6) is 1.77. The molecule has 0 fully saturated rings. The summed E-state index contributed by atoms with van der Waals surface area (Å²) >= 11 is 0. The largest absolute Gasteiger partial charge is 0.496 e. The van der Waals surface area contributed by atoms with Gasteiger partial charge in [-0.15, -0.1) is 0 Å². The number of carbonyl (C=O) groups excluding carboxylic acids is 1. The van der Waals surface area contributed by atoms with Crippen molar-refractivity contribution >= 4 is 5.91 Å². The van der Waals surface area contributed by atoms with Crippen LogP contribution in [0.5, 0.6) is 5.75 Å². The second-order valence-electron chi connectivity index (χ2n) is 7.19. The smallest absolute Gasteiger partial charge is 0.249 e. The van der Waals surface area contributed by atoms with E-state index in [2.05, 4.69) is 5.16 Å². The van der Waals surface area contributed by atoms with Crippen LogP contribution in [-0.4, -0.2) is 29.7 Å². The van der Waals surface area contributed by atoms with Gasteiger partial charge in [-0.3, -0.25) is 4.79 Å². The fraction of sp³-hybridized carbons (Fsp3) is 0.200. The standard InChI is InChI=1S/C25H24N2O5/c1-29-23-12-6-5-11-22(23)24-14-20(26-32-24)15-27(16-21-10-7-13-31-21)25(28)18-30-17-19-8-3-2-4-9-19/h2-14H,15-18H2,1H3. The summed E-state index contributed by atoms with van der Waals surface area (Å²) in [7, 11) is 1.61. The van der Waals surface area contributed by atoms with Crippen molar-refractivity contribution in [1.82, 2.24) is 10.1 Å². The van der Waals surface area contributed by atoms with E-state index >= 15 is 0 Å². The number of hydrogen-bond acceptors (Lipinski definition) is 6. The molecule has 0 aliphatic rings. The third-order valence-electron chi connectivity index (χ3n) is 4.90. The molecule has 2 aromatic heterocycles. The topological polar surface area (TPSA) is 77.9 Å². The van der Waals surface area contributed by atoms with E-state index in [1.807, 2.05) is 66.7 Å². The Morgan fingerprint density at radius 2 is 1.81 bits per heavy atom. The molecular weight excluding hydrogens is 408 g/mol. The number of rotatable bonds is 10. The molecule has 2 aromatic carbocycles. The Kier molecular flexibility index (Phi) is 6.99. The van der Waals surface area contributed by atoms with Gasteiger partial charge in [-0.05, 0) is 29.8 Å². The van der Waals surface area contributed by atoms with Crippen LogP contribution < -0.4 is 4.74 Å². The fourth-order valence-corrected chi connectivity index (χ4v) is 3.30. The molecule has 0 aliphatic heterocycles. The van der Waals surface area contributed by atoms with Gasteiger partial charge in [-0.25, -0.2) is 0 Å². The van der Waals surface area contributed by atoms with Crippen molar-refractivity contribution < 1.29 is 23.2 Å². The third kappa shape index (κ3) is 5.44. The first-order valence-corrected chi connectivity index (χ1v) is 10.2. The number of para-hydroxylation sites is 1. The van der Waals surface area contributed by atoms with Gasteiger partial charge in [0.2, 0.25) is 5.91 Å². The van der Waals surface area contributed by atoms with E-state index in [1.165, 1.54) is 0 Å². The highest BCUT2D eigenvalue weighted by molar-refractivity contribution is 5.77. The minimum absolute atomic E-state index is 0.0488. The maximum absolute atomic E-state index is 12.9. The van der Waals surface area contributed by atoms with Crippen LogP contribution in [0.2, 0.25) is 0 Å². The number of amides is 1. The Morgan fingerprint density at radius 1 is 1.00 bits per heavy atom. The monoisotopic (exact) mass is 432 g/mol. The van der Waals surface area contributed by atoms with Crippen LogP contribution in [0.15, 0.2) is 88.0 Å². The fourth-order valence-electron chi connectivity index (χ4n) is 3.30. The minimum Gasteiger partial charge on any atom is -0.496 e. The molecule has 0 saturated carbocycles. The lowest BCUT2D eigenvalue weighted by Gasteiger charge is -2.20. The molecule has 2 heterocycles. The van der Waals surface area contributed by atoms with Crippen LogP contribution in [0.1, 0.15) is 17.0 Å². The third-order valence-corrected chi connectivity index (χ3v) is 4.90. The Hall–Kier alpha value is -3.84. The Balaban J connectivity index is 1.45. The molecule has 0 atom stereocenters. The number of hydrogen-bond donors (Lipinski definition) is 0. The van der Waals surface area contributed by atoms with Crippen molar-refractivity contribution in [2.24, 2.45) is 0 Å². The second-order valence-corrected chi connectivity index (χ2v) is 7.19. The second kappa shape index (κ2) is 10.5. The zero-order valence-electron chi connectivity index (χ0n) is 17.8. The van der Waals surface area contributed by atoms with Gasteiger partial charge in [0, 0.05) is 6.07 Å². The summed E-state index contributed by atoms with van der Waals surface area (Å²) in [6.07, 6.45) is 1.58. The molecule has 4 aromatic rings. The normalized spacial score (nSPS) is 10.8. The minimum atomic E-state index is -0.167. The highest BCUT2D eigenvalue weighted by Gasteiger charge is 2.19. The van der Waals surface area contributed by atoms with E-state index in [4.69, 9.17) is 18.4 Å². The van der Waals surface area contributed by atoms with E-state index in [-0.39, 0.29) is 19.1 Å². The SMILES string of the molecule is COc1ccccc1-c1cc(CN(Cc2ccco2)C(=O)COCc2ccccc2)no1. The summed E-state index contributed by atoms with van der Waals surface area (Å²) in [5.41, 5.74) is 2.42. The van der Waals surface area contributed by atoms with E-state index in [1.54, 1.807) is 24.3 Å². The van der Waals surface area contributed by atoms with Crippen LogP contribution in [0, 0.1) is 0 Å². The number of aromatic nitrogens is 1. The number of benzene rings is 2. The molecule has 0 radical (unpaired) electrons.